The van der Waals surface area contributed by atoms with Gasteiger partial charge in [0, 0.05) is 23.2 Å². The Labute approximate surface area is 198 Å². The minimum atomic E-state index is -4.56. The Morgan fingerprint density at radius 1 is 0.943 bits per heavy atom. The molecule has 3 aromatic rings. The van der Waals surface area contributed by atoms with Crippen LogP contribution in [0.2, 0.25) is 0 Å². The number of anilines is 1. The molecule has 1 amide bonds. The molecule has 0 heterocycles. The number of rotatable bonds is 6. The first-order valence-corrected chi connectivity index (χ1v) is 10.6. The molecule has 0 aromatic heterocycles. The lowest BCUT2D eigenvalue weighted by atomic mass is 9.91. The number of carbonyl (C=O) groups excluding carboxylic acids is 2. The van der Waals surface area contributed by atoms with Gasteiger partial charge in [-0.1, -0.05) is 65.8 Å². The van der Waals surface area contributed by atoms with Gasteiger partial charge in [0.25, 0.3) is 0 Å². The largest absolute Gasteiger partial charge is 0.416 e. The van der Waals surface area contributed by atoms with Gasteiger partial charge in [0.05, 0.1) is 11.3 Å². The van der Waals surface area contributed by atoms with E-state index in [1.54, 1.807) is 48.5 Å². The number of ketones is 1. The number of halogens is 3. The van der Waals surface area contributed by atoms with Crippen molar-refractivity contribution in [3.63, 3.8) is 0 Å². The van der Waals surface area contributed by atoms with Crippen molar-refractivity contribution in [2.45, 2.75) is 18.6 Å². The van der Waals surface area contributed by atoms with Crippen molar-refractivity contribution in [3.8, 4) is 0 Å². The summed E-state index contributed by atoms with van der Waals surface area (Å²) in [6.07, 6.45) is -3.08. The molecule has 1 atom stereocenters. The molecule has 0 radical (unpaired) electrons. The van der Waals surface area contributed by atoms with Crippen molar-refractivity contribution in [2.24, 2.45) is 5.16 Å². The van der Waals surface area contributed by atoms with Gasteiger partial charge in [0.15, 0.2) is 0 Å². The number of nitrogens with zero attached hydrogens (tertiary/aromatic N) is 1. The number of amides is 1. The molecule has 178 valence electrons. The zero-order valence-electron chi connectivity index (χ0n) is 18.2. The zero-order chi connectivity index (χ0) is 25.0. The number of nitrogens with one attached hydrogen (secondary N) is 2. The number of allylic oxidation sites excluding steroid dienone is 2. The SMILES string of the molecule is O=C1C(NC(Cc2ccccc2)C(=O)Nc2cccc(C(F)(F)F)c2)=CC(=NO)c2ccccc21. The van der Waals surface area contributed by atoms with Crippen molar-refractivity contribution < 1.29 is 28.0 Å². The standard InChI is InChI=1S/C26H20F3N3O3/c27-26(28,29)17-9-6-10-18(14-17)30-25(34)23(13-16-7-2-1-3-8-16)31-22-15-21(32-35)19-11-4-5-12-20(19)24(22)33/h1-12,14-15,23,31,35H,13H2,(H,30,34). The van der Waals surface area contributed by atoms with Gasteiger partial charge in [-0.2, -0.15) is 13.2 Å². The molecule has 35 heavy (non-hydrogen) atoms. The van der Waals surface area contributed by atoms with Crippen LogP contribution in [0, 0.1) is 0 Å². The van der Waals surface area contributed by atoms with E-state index in [-0.39, 0.29) is 23.5 Å². The van der Waals surface area contributed by atoms with Crippen LogP contribution >= 0.6 is 0 Å². The van der Waals surface area contributed by atoms with E-state index >= 15 is 0 Å². The lowest BCUT2D eigenvalue weighted by Crippen LogP contribution is -2.44. The van der Waals surface area contributed by atoms with E-state index in [2.05, 4.69) is 15.8 Å². The summed E-state index contributed by atoms with van der Waals surface area (Å²) in [6.45, 7) is 0. The predicted molar refractivity (Wildman–Crippen MR) is 124 cm³/mol. The maximum atomic E-state index is 13.2. The maximum absolute atomic E-state index is 13.2. The molecule has 3 aromatic carbocycles. The fourth-order valence-electron chi connectivity index (χ4n) is 3.77. The van der Waals surface area contributed by atoms with Gasteiger partial charge in [-0.3, -0.25) is 9.59 Å². The lowest BCUT2D eigenvalue weighted by molar-refractivity contribution is -0.137. The van der Waals surface area contributed by atoms with E-state index < -0.39 is 29.5 Å². The van der Waals surface area contributed by atoms with E-state index in [4.69, 9.17) is 0 Å². The monoisotopic (exact) mass is 479 g/mol. The van der Waals surface area contributed by atoms with Gasteiger partial charge in [0.1, 0.15) is 11.8 Å². The van der Waals surface area contributed by atoms with Crippen molar-refractivity contribution in [2.75, 3.05) is 5.32 Å². The second kappa shape index (κ2) is 9.84. The van der Waals surface area contributed by atoms with E-state index in [0.29, 0.717) is 11.1 Å². The summed E-state index contributed by atoms with van der Waals surface area (Å²) >= 11 is 0. The smallest absolute Gasteiger partial charge is 0.410 e. The fourth-order valence-corrected chi connectivity index (χ4v) is 3.77. The summed E-state index contributed by atoms with van der Waals surface area (Å²) in [4.78, 5) is 26.3. The number of Topliss-reactive ketones (excluding diaryl/α,β-unsaturated/α-hetero) is 1. The molecule has 3 N–H and O–H groups in total. The molecule has 0 spiro atoms. The third-order valence-electron chi connectivity index (χ3n) is 5.47. The van der Waals surface area contributed by atoms with Crippen LogP contribution in [0.1, 0.15) is 27.0 Å². The number of oxime groups is 1. The normalized spacial score (nSPS) is 15.2. The highest BCUT2D eigenvalue weighted by atomic mass is 19.4. The topological polar surface area (TPSA) is 90.8 Å². The minimum Gasteiger partial charge on any atom is -0.410 e. The van der Waals surface area contributed by atoms with E-state index in [0.717, 1.165) is 17.7 Å². The molecule has 4 rings (SSSR count). The molecular formula is C26H20F3N3O3. The van der Waals surface area contributed by atoms with Crippen molar-refractivity contribution in [1.82, 2.24) is 5.32 Å². The van der Waals surface area contributed by atoms with Crippen LogP contribution in [-0.4, -0.2) is 28.7 Å². The van der Waals surface area contributed by atoms with Gasteiger partial charge in [-0.05, 0) is 29.8 Å². The molecule has 0 aliphatic heterocycles. The number of hydrogen-bond acceptors (Lipinski definition) is 5. The summed E-state index contributed by atoms with van der Waals surface area (Å²) in [7, 11) is 0. The molecule has 9 heteroatoms. The van der Waals surface area contributed by atoms with Crippen LogP contribution < -0.4 is 10.6 Å². The van der Waals surface area contributed by atoms with Crippen molar-refractivity contribution in [3.05, 3.63) is 113 Å². The Kier molecular flexibility index (Phi) is 6.68. The highest BCUT2D eigenvalue weighted by Crippen LogP contribution is 2.30. The highest BCUT2D eigenvalue weighted by molar-refractivity contribution is 6.26. The predicted octanol–water partition coefficient (Wildman–Crippen LogP) is 4.80. The average molecular weight is 479 g/mol. The number of hydrogen-bond donors (Lipinski definition) is 3. The van der Waals surface area contributed by atoms with Crippen LogP contribution in [0.3, 0.4) is 0 Å². The Bertz CT molecular complexity index is 1320. The van der Waals surface area contributed by atoms with Gasteiger partial charge in [0.2, 0.25) is 11.7 Å². The molecule has 0 saturated heterocycles. The maximum Gasteiger partial charge on any atom is 0.416 e. The van der Waals surface area contributed by atoms with Crippen LogP contribution in [0.5, 0.6) is 0 Å². The summed E-state index contributed by atoms with van der Waals surface area (Å²) < 4.78 is 39.3. The highest BCUT2D eigenvalue weighted by Gasteiger charge is 2.31. The van der Waals surface area contributed by atoms with Crippen molar-refractivity contribution >= 4 is 23.1 Å². The Morgan fingerprint density at radius 2 is 1.63 bits per heavy atom. The molecule has 1 aliphatic carbocycles. The van der Waals surface area contributed by atoms with E-state index in [1.807, 2.05) is 6.07 Å². The van der Waals surface area contributed by atoms with E-state index in [9.17, 15) is 28.0 Å². The number of alkyl halides is 3. The summed E-state index contributed by atoms with van der Waals surface area (Å²) in [5.41, 5.74) is 0.742. The van der Waals surface area contributed by atoms with Gasteiger partial charge in [-0.15, -0.1) is 0 Å². The van der Waals surface area contributed by atoms with E-state index in [1.165, 1.54) is 18.2 Å². The van der Waals surface area contributed by atoms with Crippen molar-refractivity contribution in [1.29, 1.82) is 0 Å². The molecule has 0 bridgehead atoms. The number of benzene rings is 3. The van der Waals surface area contributed by atoms with Gasteiger partial charge >= 0.3 is 6.18 Å². The Balaban J connectivity index is 1.63. The molecule has 6 nitrogen and oxygen atoms in total. The fraction of sp³-hybridized carbons (Fsp3) is 0.115. The summed E-state index contributed by atoms with van der Waals surface area (Å²) in [5.74, 6) is -1.04. The van der Waals surface area contributed by atoms with Crippen LogP contribution in [-0.2, 0) is 17.4 Å². The second-order valence-corrected chi connectivity index (χ2v) is 7.87. The Morgan fingerprint density at radius 3 is 2.31 bits per heavy atom. The third-order valence-corrected chi connectivity index (χ3v) is 5.47. The minimum absolute atomic E-state index is 0.0247. The second-order valence-electron chi connectivity index (χ2n) is 7.87. The van der Waals surface area contributed by atoms with Crippen LogP contribution in [0.25, 0.3) is 0 Å². The first-order chi connectivity index (χ1) is 16.8. The molecule has 0 saturated carbocycles. The molecular weight excluding hydrogens is 459 g/mol. The summed E-state index contributed by atoms with van der Waals surface area (Å²) in [5, 5.41) is 18.1. The molecule has 1 aliphatic rings. The van der Waals surface area contributed by atoms with Crippen LogP contribution in [0.15, 0.2) is 95.8 Å². The van der Waals surface area contributed by atoms with Gasteiger partial charge < -0.3 is 15.8 Å². The molecule has 1 unspecified atom stereocenters. The summed E-state index contributed by atoms with van der Waals surface area (Å²) in [6, 6.07) is 18.8. The zero-order valence-corrected chi connectivity index (χ0v) is 18.2. The Hall–Kier alpha value is -4.40. The lowest BCUT2D eigenvalue weighted by Gasteiger charge is -2.24. The number of carbonyl (C=O) groups is 2. The van der Waals surface area contributed by atoms with Crippen LogP contribution in [0.4, 0.5) is 18.9 Å². The first kappa shape index (κ1) is 23.7. The van der Waals surface area contributed by atoms with Gasteiger partial charge in [-0.25, -0.2) is 0 Å². The number of fused-ring (bicyclic) bond motifs is 1. The third kappa shape index (κ3) is 5.40. The average Bonchev–Trinajstić information content (AvgIpc) is 2.85. The molecule has 0 fully saturated rings. The first-order valence-electron chi connectivity index (χ1n) is 10.6. The quantitative estimate of drug-likeness (QED) is 0.350.